The molecular weight excluding hydrogens is 242 g/mol. The maximum absolute atomic E-state index is 11.7. The van der Waals surface area contributed by atoms with Gasteiger partial charge in [0.05, 0.1) is 24.7 Å². The third-order valence-electron chi connectivity index (χ3n) is 3.12. The first kappa shape index (κ1) is 15.5. The zero-order chi connectivity index (χ0) is 14.5. The van der Waals surface area contributed by atoms with Crippen molar-refractivity contribution in [2.45, 2.75) is 45.8 Å². The molecule has 0 aromatic heterocycles. The van der Waals surface area contributed by atoms with Crippen LogP contribution in [0.2, 0.25) is 0 Å². The van der Waals surface area contributed by atoms with Crippen LogP contribution in [0.4, 0.5) is 0 Å². The Balaban J connectivity index is 2.33. The second-order valence-corrected chi connectivity index (χ2v) is 5.36. The molecule has 1 atom stereocenters. The molecule has 0 aliphatic carbocycles. The molecule has 19 heavy (non-hydrogen) atoms. The predicted molar refractivity (Wildman–Crippen MR) is 75.2 cm³/mol. The zero-order valence-electron chi connectivity index (χ0n) is 12.1. The molecule has 0 heterocycles. The van der Waals surface area contributed by atoms with E-state index >= 15 is 0 Å². The first-order valence-corrected chi connectivity index (χ1v) is 6.50. The lowest BCUT2D eigenvalue weighted by Crippen LogP contribution is -2.51. The topological polar surface area (TPSA) is 58.6 Å². The summed E-state index contributed by atoms with van der Waals surface area (Å²) in [7, 11) is 0. The number of rotatable bonds is 6. The molecule has 0 bridgehead atoms. The minimum Gasteiger partial charge on any atom is -0.493 e. The minimum absolute atomic E-state index is 0.127. The number of hydrogen-bond donors (Lipinski definition) is 2. The lowest BCUT2D eigenvalue weighted by molar-refractivity contribution is -0.124. The van der Waals surface area contributed by atoms with Gasteiger partial charge in [-0.25, -0.2) is 0 Å². The Bertz CT molecular complexity index is 410. The quantitative estimate of drug-likeness (QED) is 0.827. The van der Waals surface area contributed by atoms with Gasteiger partial charge < -0.3 is 15.2 Å². The molecule has 0 aliphatic heterocycles. The SMILES string of the molecule is Cc1ccc(OCCC(=O)NC(C)(C)C(C)O)cc1. The van der Waals surface area contributed by atoms with E-state index in [9.17, 15) is 9.90 Å². The van der Waals surface area contributed by atoms with Gasteiger partial charge >= 0.3 is 0 Å². The summed E-state index contributed by atoms with van der Waals surface area (Å²) in [5.41, 5.74) is 0.546. The first-order chi connectivity index (χ1) is 8.81. The molecule has 1 aromatic carbocycles. The number of aliphatic hydroxyl groups excluding tert-OH is 1. The van der Waals surface area contributed by atoms with Crippen molar-refractivity contribution < 1.29 is 14.6 Å². The summed E-state index contributed by atoms with van der Waals surface area (Å²) in [5, 5.41) is 12.3. The largest absolute Gasteiger partial charge is 0.493 e. The van der Waals surface area contributed by atoms with Gasteiger partial charge in [0, 0.05) is 0 Å². The van der Waals surface area contributed by atoms with Crippen molar-refractivity contribution >= 4 is 5.91 Å². The Morgan fingerprint density at radius 2 is 1.95 bits per heavy atom. The van der Waals surface area contributed by atoms with E-state index in [1.54, 1.807) is 20.8 Å². The van der Waals surface area contributed by atoms with E-state index in [0.717, 1.165) is 5.75 Å². The van der Waals surface area contributed by atoms with Crippen molar-refractivity contribution in [2.75, 3.05) is 6.61 Å². The average molecular weight is 265 g/mol. The van der Waals surface area contributed by atoms with Crippen molar-refractivity contribution in [1.82, 2.24) is 5.32 Å². The van der Waals surface area contributed by atoms with E-state index in [0.29, 0.717) is 6.61 Å². The monoisotopic (exact) mass is 265 g/mol. The number of aryl methyl sites for hydroxylation is 1. The van der Waals surface area contributed by atoms with E-state index in [-0.39, 0.29) is 12.3 Å². The first-order valence-electron chi connectivity index (χ1n) is 6.50. The maximum atomic E-state index is 11.7. The van der Waals surface area contributed by atoms with Crippen molar-refractivity contribution in [3.05, 3.63) is 29.8 Å². The number of hydrogen-bond acceptors (Lipinski definition) is 3. The number of nitrogens with one attached hydrogen (secondary N) is 1. The normalized spacial score (nSPS) is 12.9. The van der Waals surface area contributed by atoms with Crippen LogP contribution in [0.1, 0.15) is 32.8 Å². The van der Waals surface area contributed by atoms with Gasteiger partial charge in [-0.1, -0.05) is 17.7 Å². The number of carbonyl (C=O) groups is 1. The van der Waals surface area contributed by atoms with Crippen LogP contribution in [0.3, 0.4) is 0 Å². The fraction of sp³-hybridized carbons (Fsp3) is 0.533. The molecule has 2 N–H and O–H groups in total. The molecule has 1 unspecified atom stereocenters. The fourth-order valence-electron chi connectivity index (χ4n) is 1.42. The van der Waals surface area contributed by atoms with Crippen molar-refractivity contribution in [3.63, 3.8) is 0 Å². The number of aliphatic hydroxyl groups is 1. The molecule has 0 spiro atoms. The maximum Gasteiger partial charge on any atom is 0.223 e. The number of ether oxygens (including phenoxy) is 1. The van der Waals surface area contributed by atoms with E-state index in [1.165, 1.54) is 5.56 Å². The molecule has 106 valence electrons. The van der Waals surface area contributed by atoms with Crippen molar-refractivity contribution in [3.8, 4) is 5.75 Å². The highest BCUT2D eigenvalue weighted by atomic mass is 16.5. The molecule has 0 aliphatic rings. The van der Waals surface area contributed by atoms with Gasteiger partial charge in [0.1, 0.15) is 5.75 Å². The zero-order valence-corrected chi connectivity index (χ0v) is 12.1. The molecule has 0 saturated heterocycles. The van der Waals surface area contributed by atoms with Crippen LogP contribution in [0.5, 0.6) is 5.75 Å². The number of amides is 1. The van der Waals surface area contributed by atoms with Gasteiger partial charge in [0.25, 0.3) is 0 Å². The molecule has 0 saturated carbocycles. The third kappa shape index (κ3) is 5.30. The van der Waals surface area contributed by atoms with Crippen LogP contribution in [0.15, 0.2) is 24.3 Å². The average Bonchev–Trinajstić information content (AvgIpc) is 2.31. The molecule has 0 radical (unpaired) electrons. The van der Waals surface area contributed by atoms with Crippen LogP contribution in [0, 0.1) is 6.92 Å². The molecular formula is C15H23NO3. The van der Waals surface area contributed by atoms with E-state index in [4.69, 9.17) is 4.74 Å². The summed E-state index contributed by atoms with van der Waals surface area (Å²) in [5.74, 6) is 0.631. The van der Waals surface area contributed by atoms with Crippen LogP contribution >= 0.6 is 0 Å². The highest BCUT2D eigenvalue weighted by Crippen LogP contribution is 2.12. The van der Waals surface area contributed by atoms with Crippen molar-refractivity contribution in [1.29, 1.82) is 0 Å². The Morgan fingerprint density at radius 3 is 2.47 bits per heavy atom. The van der Waals surface area contributed by atoms with Gasteiger partial charge in [-0.2, -0.15) is 0 Å². The standard InChI is InChI=1S/C15H23NO3/c1-11-5-7-13(8-6-11)19-10-9-14(18)16-15(3,4)12(2)17/h5-8,12,17H,9-10H2,1-4H3,(H,16,18). The highest BCUT2D eigenvalue weighted by Gasteiger charge is 2.25. The summed E-state index contributed by atoms with van der Waals surface area (Å²) >= 11 is 0. The van der Waals surface area contributed by atoms with Crippen LogP contribution in [-0.4, -0.2) is 29.3 Å². The summed E-state index contributed by atoms with van der Waals surface area (Å²) in [6.07, 6.45) is -0.334. The minimum atomic E-state index is -0.624. The summed E-state index contributed by atoms with van der Waals surface area (Å²) in [6.45, 7) is 7.57. The Hall–Kier alpha value is -1.55. The Morgan fingerprint density at radius 1 is 1.37 bits per heavy atom. The van der Waals surface area contributed by atoms with E-state index in [1.807, 2.05) is 31.2 Å². The highest BCUT2D eigenvalue weighted by molar-refractivity contribution is 5.76. The van der Waals surface area contributed by atoms with Crippen molar-refractivity contribution in [2.24, 2.45) is 0 Å². The number of carbonyl (C=O) groups excluding carboxylic acids is 1. The van der Waals surface area contributed by atoms with Gasteiger partial charge in [-0.05, 0) is 39.8 Å². The Labute approximate surface area is 114 Å². The van der Waals surface area contributed by atoms with Crippen LogP contribution in [-0.2, 0) is 4.79 Å². The third-order valence-corrected chi connectivity index (χ3v) is 3.12. The summed E-state index contributed by atoms with van der Waals surface area (Å²) < 4.78 is 5.48. The molecule has 1 amide bonds. The van der Waals surface area contributed by atoms with Crippen LogP contribution < -0.4 is 10.1 Å². The van der Waals surface area contributed by atoms with E-state index in [2.05, 4.69) is 5.32 Å². The molecule has 1 aromatic rings. The summed E-state index contributed by atoms with van der Waals surface area (Å²) in [4.78, 5) is 11.7. The van der Waals surface area contributed by atoms with Gasteiger partial charge in [-0.15, -0.1) is 0 Å². The second kappa shape index (κ2) is 6.57. The number of benzene rings is 1. The van der Waals surface area contributed by atoms with Crippen LogP contribution in [0.25, 0.3) is 0 Å². The molecule has 1 rings (SSSR count). The Kier molecular flexibility index (Phi) is 5.36. The molecule has 4 nitrogen and oxygen atoms in total. The van der Waals surface area contributed by atoms with E-state index < -0.39 is 11.6 Å². The van der Waals surface area contributed by atoms with Gasteiger partial charge in [-0.3, -0.25) is 4.79 Å². The lowest BCUT2D eigenvalue weighted by atomic mass is 9.99. The molecule has 0 fully saturated rings. The summed E-state index contributed by atoms with van der Waals surface area (Å²) in [6, 6.07) is 7.69. The predicted octanol–water partition coefficient (Wildman–Crippen LogP) is 2.04. The smallest absolute Gasteiger partial charge is 0.223 e. The van der Waals surface area contributed by atoms with Gasteiger partial charge in [0.2, 0.25) is 5.91 Å². The second-order valence-electron chi connectivity index (χ2n) is 5.36. The molecule has 4 heteroatoms. The fourth-order valence-corrected chi connectivity index (χ4v) is 1.42. The lowest BCUT2D eigenvalue weighted by Gasteiger charge is -2.29. The van der Waals surface area contributed by atoms with Gasteiger partial charge in [0.15, 0.2) is 0 Å².